The number of primary amides is 1. The zero-order chi connectivity index (χ0) is 12.0. The Balaban J connectivity index is 0.00000256. The van der Waals surface area contributed by atoms with Crippen LogP contribution in [-0.4, -0.2) is 32.0 Å². The third-order valence-corrected chi connectivity index (χ3v) is 2.93. The van der Waals surface area contributed by atoms with Gasteiger partial charge in [0.1, 0.15) is 0 Å². The molecule has 0 aromatic carbocycles. The molecule has 0 unspecified atom stereocenters. The van der Waals surface area contributed by atoms with E-state index in [1.54, 1.807) is 5.38 Å². The van der Waals surface area contributed by atoms with Crippen molar-refractivity contribution < 1.29 is 9.59 Å². The van der Waals surface area contributed by atoms with Gasteiger partial charge in [-0.15, -0.1) is 23.7 Å². The normalized spacial score (nSPS) is 9.47. The average Bonchev–Trinajstić information content (AvgIpc) is 2.73. The lowest BCUT2D eigenvalue weighted by atomic mass is 10.3. The number of carbonyl (C=O) groups is 2. The van der Waals surface area contributed by atoms with Gasteiger partial charge in [0.05, 0.1) is 10.4 Å². The molecular formula is C10H16ClN3O2S. The van der Waals surface area contributed by atoms with Gasteiger partial charge in [0.2, 0.25) is 5.91 Å². The van der Waals surface area contributed by atoms with E-state index >= 15 is 0 Å². The van der Waals surface area contributed by atoms with Crippen LogP contribution >= 0.6 is 23.7 Å². The average molecular weight is 278 g/mol. The number of thiophene rings is 1. The van der Waals surface area contributed by atoms with Crippen LogP contribution in [0.5, 0.6) is 0 Å². The van der Waals surface area contributed by atoms with E-state index in [-0.39, 0.29) is 18.3 Å². The maximum absolute atomic E-state index is 11.6. The number of hydrogen-bond acceptors (Lipinski definition) is 4. The molecule has 0 saturated heterocycles. The molecule has 1 rings (SSSR count). The summed E-state index contributed by atoms with van der Waals surface area (Å²) in [6.45, 7) is 1.47. The summed E-state index contributed by atoms with van der Waals surface area (Å²) in [7, 11) is 1.86. The quantitative estimate of drug-likeness (QED) is 0.666. The summed E-state index contributed by atoms with van der Waals surface area (Å²) < 4.78 is 0. The molecule has 5 nitrogen and oxygen atoms in total. The zero-order valence-electron chi connectivity index (χ0n) is 9.49. The first-order chi connectivity index (χ1) is 7.65. The van der Waals surface area contributed by atoms with Crippen LogP contribution in [0.2, 0.25) is 0 Å². The number of amides is 2. The Morgan fingerprint density at radius 3 is 2.65 bits per heavy atom. The molecule has 4 N–H and O–H groups in total. The highest BCUT2D eigenvalue weighted by atomic mass is 35.5. The summed E-state index contributed by atoms with van der Waals surface area (Å²) in [5.74, 6) is -0.668. The van der Waals surface area contributed by atoms with Crippen molar-refractivity contribution in [2.75, 3.05) is 20.1 Å². The fourth-order valence-electron chi connectivity index (χ4n) is 1.14. The molecule has 0 aliphatic carbocycles. The molecule has 7 heteroatoms. The van der Waals surface area contributed by atoms with Gasteiger partial charge in [0.25, 0.3) is 5.91 Å². The number of nitrogens with one attached hydrogen (secondary N) is 2. The Morgan fingerprint density at radius 2 is 2.12 bits per heavy atom. The largest absolute Gasteiger partial charge is 0.366 e. The van der Waals surface area contributed by atoms with Gasteiger partial charge in [-0.05, 0) is 26.1 Å². The Kier molecular flexibility index (Phi) is 7.53. The standard InChI is InChI=1S/C10H15N3O2S.ClH/c1-12-3-2-4-13-10(15)8-5-7(6-16-8)9(11)14;/h5-6,12H,2-4H2,1H3,(H2,11,14)(H,13,15);1H. The van der Waals surface area contributed by atoms with Crippen molar-refractivity contribution in [2.24, 2.45) is 5.73 Å². The fourth-order valence-corrected chi connectivity index (χ4v) is 1.95. The molecule has 1 aromatic heterocycles. The van der Waals surface area contributed by atoms with Crippen LogP contribution < -0.4 is 16.4 Å². The SMILES string of the molecule is CNCCCNC(=O)c1cc(C(N)=O)cs1.Cl. The van der Waals surface area contributed by atoms with Crippen molar-refractivity contribution in [3.05, 3.63) is 21.9 Å². The van der Waals surface area contributed by atoms with Crippen LogP contribution in [-0.2, 0) is 0 Å². The van der Waals surface area contributed by atoms with E-state index in [1.807, 2.05) is 7.05 Å². The van der Waals surface area contributed by atoms with Gasteiger partial charge in [-0.25, -0.2) is 0 Å². The Bertz CT molecular complexity index is 381. The minimum absolute atomic E-state index is 0. The topological polar surface area (TPSA) is 84.2 Å². The number of hydrogen-bond donors (Lipinski definition) is 3. The van der Waals surface area contributed by atoms with E-state index in [2.05, 4.69) is 10.6 Å². The second kappa shape index (κ2) is 8.05. The number of nitrogens with two attached hydrogens (primary N) is 1. The van der Waals surface area contributed by atoms with Crippen LogP contribution in [0.4, 0.5) is 0 Å². The molecule has 1 heterocycles. The van der Waals surface area contributed by atoms with Gasteiger partial charge >= 0.3 is 0 Å². The zero-order valence-corrected chi connectivity index (χ0v) is 11.1. The molecule has 0 atom stereocenters. The fraction of sp³-hybridized carbons (Fsp3) is 0.400. The number of halogens is 1. The summed E-state index contributed by atoms with van der Waals surface area (Å²) in [6.07, 6.45) is 0.871. The van der Waals surface area contributed by atoms with Gasteiger partial charge < -0.3 is 16.4 Å². The summed E-state index contributed by atoms with van der Waals surface area (Å²) in [5, 5.41) is 7.34. The van der Waals surface area contributed by atoms with Crippen LogP contribution in [0.1, 0.15) is 26.5 Å². The van der Waals surface area contributed by atoms with E-state index < -0.39 is 5.91 Å². The molecule has 1 aromatic rings. The molecule has 17 heavy (non-hydrogen) atoms. The Hall–Kier alpha value is -1.11. The molecule has 0 bridgehead atoms. The van der Waals surface area contributed by atoms with Crippen LogP contribution in [0.25, 0.3) is 0 Å². The lowest BCUT2D eigenvalue weighted by molar-refractivity contribution is 0.0957. The first-order valence-electron chi connectivity index (χ1n) is 4.96. The van der Waals surface area contributed by atoms with Crippen molar-refractivity contribution in [3.63, 3.8) is 0 Å². The lowest BCUT2D eigenvalue weighted by Crippen LogP contribution is -2.25. The second-order valence-electron chi connectivity index (χ2n) is 3.28. The first kappa shape index (κ1) is 15.9. The molecule has 0 spiro atoms. The van der Waals surface area contributed by atoms with E-state index in [1.165, 1.54) is 17.4 Å². The van der Waals surface area contributed by atoms with Crippen molar-refractivity contribution in [3.8, 4) is 0 Å². The van der Waals surface area contributed by atoms with Crippen molar-refractivity contribution in [2.45, 2.75) is 6.42 Å². The molecule has 0 saturated carbocycles. The molecule has 96 valence electrons. The highest BCUT2D eigenvalue weighted by Crippen LogP contribution is 2.13. The smallest absolute Gasteiger partial charge is 0.261 e. The van der Waals surface area contributed by atoms with Gasteiger partial charge in [-0.3, -0.25) is 9.59 Å². The Labute approximate surface area is 110 Å². The summed E-state index contributed by atoms with van der Waals surface area (Å²) >= 11 is 1.22. The van der Waals surface area contributed by atoms with Crippen LogP contribution in [0.3, 0.4) is 0 Å². The monoisotopic (exact) mass is 277 g/mol. The maximum Gasteiger partial charge on any atom is 0.261 e. The lowest BCUT2D eigenvalue weighted by Gasteiger charge is -2.02. The van der Waals surface area contributed by atoms with Gasteiger partial charge in [-0.2, -0.15) is 0 Å². The van der Waals surface area contributed by atoms with Gasteiger partial charge in [0.15, 0.2) is 0 Å². The molecular weight excluding hydrogens is 262 g/mol. The maximum atomic E-state index is 11.6. The first-order valence-corrected chi connectivity index (χ1v) is 5.84. The number of rotatable bonds is 6. The Morgan fingerprint density at radius 1 is 1.41 bits per heavy atom. The van der Waals surface area contributed by atoms with Crippen molar-refractivity contribution >= 4 is 35.6 Å². The molecule has 2 amide bonds. The van der Waals surface area contributed by atoms with Crippen molar-refractivity contribution in [1.82, 2.24) is 10.6 Å². The summed E-state index contributed by atoms with van der Waals surface area (Å²) in [6, 6.07) is 1.51. The molecule has 0 aliphatic heterocycles. The molecule has 0 fully saturated rings. The third kappa shape index (κ3) is 5.16. The highest BCUT2D eigenvalue weighted by molar-refractivity contribution is 7.12. The summed E-state index contributed by atoms with van der Waals surface area (Å²) in [4.78, 5) is 22.9. The van der Waals surface area contributed by atoms with E-state index in [4.69, 9.17) is 5.73 Å². The minimum atomic E-state index is -0.509. The van der Waals surface area contributed by atoms with Gasteiger partial charge in [-0.1, -0.05) is 0 Å². The van der Waals surface area contributed by atoms with Crippen LogP contribution in [0, 0.1) is 0 Å². The third-order valence-electron chi connectivity index (χ3n) is 2.00. The predicted molar refractivity (Wildman–Crippen MR) is 71.0 cm³/mol. The highest BCUT2D eigenvalue weighted by Gasteiger charge is 2.10. The van der Waals surface area contributed by atoms with E-state index in [9.17, 15) is 9.59 Å². The second-order valence-corrected chi connectivity index (χ2v) is 4.19. The van der Waals surface area contributed by atoms with E-state index in [0.717, 1.165) is 13.0 Å². The minimum Gasteiger partial charge on any atom is -0.366 e. The van der Waals surface area contributed by atoms with E-state index in [0.29, 0.717) is 17.0 Å². The molecule has 0 radical (unpaired) electrons. The summed E-state index contributed by atoms with van der Waals surface area (Å²) in [5.41, 5.74) is 5.47. The number of carbonyl (C=O) groups excluding carboxylic acids is 2. The van der Waals surface area contributed by atoms with Gasteiger partial charge in [0, 0.05) is 11.9 Å². The van der Waals surface area contributed by atoms with Crippen molar-refractivity contribution in [1.29, 1.82) is 0 Å². The molecule has 0 aliphatic rings. The predicted octanol–water partition coefficient (Wildman–Crippen LogP) is 0.608. The van der Waals surface area contributed by atoms with Crippen LogP contribution in [0.15, 0.2) is 11.4 Å².